The molecule has 1 aliphatic heterocycles. The van der Waals surface area contributed by atoms with E-state index in [4.69, 9.17) is 0 Å². The molecular weight excluding hydrogens is 436 g/mol. The predicted octanol–water partition coefficient (Wildman–Crippen LogP) is 9.67. The van der Waals surface area contributed by atoms with Gasteiger partial charge in [0.15, 0.2) is 0 Å². The number of hydrogen-bond acceptors (Lipinski definition) is 2. The van der Waals surface area contributed by atoms with Crippen molar-refractivity contribution in [1.29, 1.82) is 0 Å². The first kappa shape index (κ1) is 28.0. The average molecular weight is 487 g/mol. The summed E-state index contributed by atoms with van der Waals surface area (Å²) in [6.45, 7) is 20.2. The van der Waals surface area contributed by atoms with Gasteiger partial charge in [-0.25, -0.2) is 0 Å². The monoisotopic (exact) mass is 486 g/mol. The molecule has 2 heteroatoms. The molecule has 4 rings (SSSR count). The Morgan fingerprint density at radius 3 is 2.33 bits per heavy atom. The number of aromatic nitrogens is 1. The van der Waals surface area contributed by atoms with Gasteiger partial charge in [0.05, 0.1) is 5.69 Å². The van der Waals surface area contributed by atoms with Crippen LogP contribution in [0, 0.1) is 39.5 Å². The molecule has 2 heterocycles. The third-order valence-corrected chi connectivity index (χ3v) is 8.28. The fourth-order valence-corrected chi connectivity index (χ4v) is 6.08. The van der Waals surface area contributed by atoms with Gasteiger partial charge in [0, 0.05) is 32.0 Å². The zero-order chi connectivity index (χ0) is 25.3. The summed E-state index contributed by atoms with van der Waals surface area (Å²) in [4.78, 5) is 7.29. The first-order valence-electron chi connectivity index (χ1n) is 13.5. The summed E-state index contributed by atoms with van der Waals surface area (Å²) in [5, 5.41) is 0. The van der Waals surface area contributed by atoms with Crippen LogP contribution in [0.5, 0.6) is 0 Å². The minimum absolute atomic E-state index is 0. The van der Waals surface area contributed by atoms with Gasteiger partial charge >= 0.3 is 0 Å². The molecule has 1 aliphatic carbocycles. The maximum absolute atomic E-state index is 4.66. The molecular formula is C34H50N2. The van der Waals surface area contributed by atoms with E-state index >= 15 is 0 Å². The highest BCUT2D eigenvalue weighted by molar-refractivity contribution is 5.73. The Bertz CT molecular complexity index is 1190. The summed E-state index contributed by atoms with van der Waals surface area (Å²) in [5.41, 5.74) is 15.5. The second-order valence-electron chi connectivity index (χ2n) is 11.3. The molecule has 0 bridgehead atoms. The molecule has 0 spiro atoms. The predicted molar refractivity (Wildman–Crippen MR) is 162 cm³/mol. The fourth-order valence-electron chi connectivity index (χ4n) is 6.08. The van der Waals surface area contributed by atoms with E-state index in [0.717, 1.165) is 31.6 Å². The Morgan fingerprint density at radius 2 is 1.69 bits per heavy atom. The van der Waals surface area contributed by atoms with Crippen LogP contribution in [-0.2, 0) is 0 Å². The highest BCUT2D eigenvalue weighted by Crippen LogP contribution is 2.41. The molecule has 0 radical (unpaired) electrons. The quantitative estimate of drug-likeness (QED) is 0.400. The van der Waals surface area contributed by atoms with Crippen LogP contribution in [0.2, 0.25) is 0 Å². The molecule has 0 saturated carbocycles. The summed E-state index contributed by atoms with van der Waals surface area (Å²) in [7, 11) is 0. The van der Waals surface area contributed by atoms with Gasteiger partial charge in [-0.05, 0) is 114 Å². The van der Waals surface area contributed by atoms with E-state index in [1.807, 2.05) is 0 Å². The van der Waals surface area contributed by atoms with Crippen LogP contribution in [0.4, 0.5) is 5.69 Å². The van der Waals surface area contributed by atoms with Crippen LogP contribution in [0.1, 0.15) is 95.7 Å². The van der Waals surface area contributed by atoms with Crippen molar-refractivity contribution in [1.82, 2.24) is 4.98 Å². The number of piperidine rings is 1. The first-order chi connectivity index (χ1) is 16.7. The van der Waals surface area contributed by atoms with Gasteiger partial charge in [0.2, 0.25) is 0 Å². The van der Waals surface area contributed by atoms with E-state index in [0.29, 0.717) is 11.8 Å². The van der Waals surface area contributed by atoms with E-state index in [2.05, 4.69) is 102 Å². The van der Waals surface area contributed by atoms with Crippen LogP contribution in [0.25, 0.3) is 11.6 Å². The van der Waals surface area contributed by atoms with Crippen molar-refractivity contribution >= 4 is 17.3 Å². The van der Waals surface area contributed by atoms with Crippen molar-refractivity contribution in [2.45, 2.75) is 88.5 Å². The van der Waals surface area contributed by atoms with Gasteiger partial charge in [-0.1, -0.05) is 61.4 Å². The molecule has 196 valence electrons. The Kier molecular flexibility index (Phi) is 9.03. The second kappa shape index (κ2) is 11.6. The first-order valence-corrected chi connectivity index (χ1v) is 13.5. The third-order valence-electron chi connectivity index (χ3n) is 8.28. The Labute approximate surface area is 222 Å². The lowest BCUT2D eigenvalue weighted by atomic mass is 9.80. The lowest BCUT2D eigenvalue weighted by Gasteiger charge is -2.37. The summed E-state index contributed by atoms with van der Waals surface area (Å²) in [5.74, 6) is 1.30. The molecule has 2 nitrogen and oxygen atoms in total. The summed E-state index contributed by atoms with van der Waals surface area (Å²) in [6, 6.07) is 7.02. The number of allylic oxidation sites excluding steroid dienone is 5. The largest absolute Gasteiger partial charge is 0.371 e. The third kappa shape index (κ3) is 5.85. The van der Waals surface area contributed by atoms with Gasteiger partial charge in [-0.2, -0.15) is 0 Å². The molecule has 1 aromatic carbocycles. The van der Waals surface area contributed by atoms with Crippen LogP contribution < -0.4 is 4.90 Å². The van der Waals surface area contributed by atoms with Crippen LogP contribution >= 0.6 is 0 Å². The van der Waals surface area contributed by atoms with E-state index in [1.165, 1.54) is 51.9 Å². The summed E-state index contributed by atoms with van der Waals surface area (Å²) in [6.07, 6.45) is 11.7. The van der Waals surface area contributed by atoms with Crippen molar-refractivity contribution in [2.24, 2.45) is 11.8 Å². The number of pyridine rings is 1. The number of nitrogens with zero attached hydrogens (tertiary/aromatic N) is 2. The Morgan fingerprint density at radius 1 is 1.00 bits per heavy atom. The standard InChI is InChI=1S/C33H44N2.CH4.H2/c1-21(2)17-32-27(8)34-20-26(7)33(32)35-15-13-28(14-16-35)30-12-10-23(4)31(19-25(30)6)29-11-9-22(3)24(5)18-29;;/h9,11-12,17-18,20,25,28H,10,13-16,19H2,1-8H3;1H4;1H. The van der Waals surface area contributed by atoms with Crippen LogP contribution in [0.3, 0.4) is 0 Å². The molecule has 2 aliphatic rings. The molecule has 0 N–H and O–H groups in total. The Hall–Kier alpha value is -2.61. The normalized spacial score (nSPS) is 18.9. The lowest BCUT2D eigenvalue weighted by molar-refractivity contribution is 0.422. The number of benzene rings is 1. The Balaban J connectivity index is 0.00000241. The van der Waals surface area contributed by atoms with E-state index in [1.54, 1.807) is 16.7 Å². The molecule has 36 heavy (non-hydrogen) atoms. The number of aryl methyl sites for hydroxylation is 4. The lowest BCUT2D eigenvalue weighted by Crippen LogP contribution is -2.36. The minimum Gasteiger partial charge on any atom is -0.371 e. The van der Waals surface area contributed by atoms with Gasteiger partial charge in [-0.15, -0.1) is 0 Å². The maximum Gasteiger partial charge on any atom is 0.0503 e. The molecule has 1 fully saturated rings. The number of anilines is 1. The maximum atomic E-state index is 4.66. The van der Waals surface area contributed by atoms with Crippen molar-refractivity contribution < 1.29 is 1.43 Å². The second-order valence-corrected chi connectivity index (χ2v) is 11.3. The van der Waals surface area contributed by atoms with Crippen molar-refractivity contribution in [2.75, 3.05) is 18.0 Å². The number of rotatable bonds is 4. The topological polar surface area (TPSA) is 16.1 Å². The number of hydrogen-bond donors (Lipinski definition) is 0. The minimum atomic E-state index is 0. The molecule has 1 unspecified atom stereocenters. The van der Waals surface area contributed by atoms with Crippen LogP contribution in [0.15, 0.2) is 47.2 Å². The zero-order valence-corrected chi connectivity index (χ0v) is 23.3. The molecule has 1 atom stereocenters. The highest BCUT2D eigenvalue weighted by Gasteiger charge is 2.29. The van der Waals surface area contributed by atoms with Crippen molar-refractivity contribution in [3.05, 3.63) is 80.7 Å². The van der Waals surface area contributed by atoms with Crippen molar-refractivity contribution in [3.8, 4) is 0 Å². The zero-order valence-electron chi connectivity index (χ0n) is 23.3. The van der Waals surface area contributed by atoms with Gasteiger partial charge in [-0.3, -0.25) is 4.98 Å². The smallest absolute Gasteiger partial charge is 0.0503 e. The van der Waals surface area contributed by atoms with Crippen LogP contribution in [-0.4, -0.2) is 18.1 Å². The van der Waals surface area contributed by atoms with E-state index in [-0.39, 0.29) is 8.85 Å². The van der Waals surface area contributed by atoms with Gasteiger partial charge in [0.1, 0.15) is 0 Å². The molecule has 2 aromatic rings. The SMILES string of the molecule is C.CC(C)=Cc1c(C)ncc(C)c1N1CCC(C2=CCC(C)=C(c3ccc(C)c(C)c3)CC2C)CC1.[HH]. The summed E-state index contributed by atoms with van der Waals surface area (Å²) >= 11 is 0. The summed E-state index contributed by atoms with van der Waals surface area (Å²) < 4.78 is 0. The molecule has 1 saturated heterocycles. The van der Waals surface area contributed by atoms with E-state index in [9.17, 15) is 0 Å². The average Bonchev–Trinajstić information content (AvgIpc) is 2.96. The van der Waals surface area contributed by atoms with Gasteiger partial charge < -0.3 is 4.90 Å². The molecule has 1 aromatic heterocycles. The fraction of sp³-hybridized carbons (Fsp3) is 0.500. The van der Waals surface area contributed by atoms with E-state index < -0.39 is 0 Å². The van der Waals surface area contributed by atoms with Crippen molar-refractivity contribution in [3.63, 3.8) is 0 Å². The highest BCUT2D eigenvalue weighted by atomic mass is 15.1. The van der Waals surface area contributed by atoms with Gasteiger partial charge in [0.25, 0.3) is 0 Å². The molecule has 0 amide bonds.